The average Bonchev–Trinajstić information content (AvgIpc) is 2.19. The van der Waals surface area contributed by atoms with Crippen molar-refractivity contribution in [3.8, 4) is 0 Å². The van der Waals surface area contributed by atoms with Crippen molar-refractivity contribution in [1.29, 1.82) is 0 Å². The van der Waals surface area contributed by atoms with Gasteiger partial charge in [-0.1, -0.05) is 6.92 Å². The summed E-state index contributed by atoms with van der Waals surface area (Å²) >= 11 is 0. The van der Waals surface area contributed by atoms with Crippen molar-refractivity contribution in [2.45, 2.75) is 6.92 Å². The molecule has 5 heteroatoms. The third-order valence-corrected chi connectivity index (χ3v) is 3.07. The second kappa shape index (κ2) is 6.83. The SMILES string of the molecule is COCCOCCN1CC(C(C)C(=O)O)C1. The van der Waals surface area contributed by atoms with E-state index in [0.717, 1.165) is 19.6 Å². The zero-order chi connectivity index (χ0) is 12.0. The number of methoxy groups -OCH3 is 1. The van der Waals surface area contributed by atoms with Gasteiger partial charge in [0.25, 0.3) is 0 Å². The largest absolute Gasteiger partial charge is 0.481 e. The number of carboxylic acid groups (broad SMARTS) is 1. The van der Waals surface area contributed by atoms with E-state index in [-0.39, 0.29) is 5.92 Å². The molecule has 1 saturated heterocycles. The molecule has 0 aromatic rings. The number of hydrogen-bond acceptors (Lipinski definition) is 4. The number of aliphatic carboxylic acids is 1. The molecule has 1 rings (SSSR count). The maximum atomic E-state index is 10.7. The monoisotopic (exact) mass is 231 g/mol. The van der Waals surface area contributed by atoms with E-state index in [0.29, 0.717) is 25.7 Å². The van der Waals surface area contributed by atoms with Gasteiger partial charge in [0.2, 0.25) is 0 Å². The Labute approximate surface area is 96.3 Å². The topological polar surface area (TPSA) is 59.0 Å². The number of ether oxygens (including phenoxy) is 2. The van der Waals surface area contributed by atoms with E-state index in [9.17, 15) is 4.79 Å². The molecule has 0 aromatic heterocycles. The van der Waals surface area contributed by atoms with E-state index < -0.39 is 5.97 Å². The van der Waals surface area contributed by atoms with E-state index in [1.807, 2.05) is 0 Å². The Bertz CT molecular complexity index is 216. The lowest BCUT2D eigenvalue weighted by molar-refractivity contribution is -0.145. The molecule has 0 bridgehead atoms. The normalized spacial score (nSPS) is 19.4. The number of rotatable bonds is 8. The zero-order valence-electron chi connectivity index (χ0n) is 10.0. The van der Waals surface area contributed by atoms with E-state index in [1.165, 1.54) is 0 Å². The maximum absolute atomic E-state index is 10.7. The standard InChI is InChI=1S/C11H21NO4/c1-9(11(13)14)10-7-12(8-10)3-4-16-6-5-15-2/h9-10H,3-8H2,1-2H3,(H,13,14). The fraction of sp³-hybridized carbons (Fsp3) is 0.909. The van der Waals surface area contributed by atoms with Gasteiger partial charge in [-0.2, -0.15) is 0 Å². The lowest BCUT2D eigenvalue weighted by atomic mass is 9.87. The summed E-state index contributed by atoms with van der Waals surface area (Å²) in [5.41, 5.74) is 0. The molecule has 5 nitrogen and oxygen atoms in total. The van der Waals surface area contributed by atoms with Crippen molar-refractivity contribution in [2.24, 2.45) is 11.8 Å². The van der Waals surface area contributed by atoms with Crippen LogP contribution in [0.4, 0.5) is 0 Å². The fourth-order valence-corrected chi connectivity index (χ4v) is 1.75. The minimum absolute atomic E-state index is 0.231. The molecular formula is C11H21NO4. The molecule has 1 unspecified atom stereocenters. The predicted molar refractivity (Wildman–Crippen MR) is 59.4 cm³/mol. The van der Waals surface area contributed by atoms with Crippen molar-refractivity contribution in [1.82, 2.24) is 4.90 Å². The fourth-order valence-electron chi connectivity index (χ4n) is 1.75. The van der Waals surface area contributed by atoms with Gasteiger partial charge in [-0.05, 0) is 5.92 Å². The summed E-state index contributed by atoms with van der Waals surface area (Å²) < 4.78 is 10.2. The van der Waals surface area contributed by atoms with Crippen LogP contribution in [0.5, 0.6) is 0 Å². The first-order valence-corrected chi connectivity index (χ1v) is 5.67. The third-order valence-electron chi connectivity index (χ3n) is 3.07. The van der Waals surface area contributed by atoms with Gasteiger partial charge >= 0.3 is 5.97 Å². The van der Waals surface area contributed by atoms with Crippen LogP contribution < -0.4 is 0 Å². The van der Waals surface area contributed by atoms with Crippen LogP contribution in [0.1, 0.15) is 6.92 Å². The molecule has 16 heavy (non-hydrogen) atoms. The Hall–Kier alpha value is -0.650. The molecule has 0 aromatic carbocycles. The Morgan fingerprint density at radius 2 is 2.12 bits per heavy atom. The van der Waals surface area contributed by atoms with Crippen LogP contribution in [0.2, 0.25) is 0 Å². The highest BCUT2D eigenvalue weighted by molar-refractivity contribution is 5.70. The Kier molecular flexibility index (Phi) is 5.73. The molecule has 1 aliphatic heterocycles. The summed E-state index contributed by atoms with van der Waals surface area (Å²) in [4.78, 5) is 12.9. The Morgan fingerprint density at radius 1 is 1.44 bits per heavy atom. The van der Waals surface area contributed by atoms with Crippen LogP contribution in [0.25, 0.3) is 0 Å². The van der Waals surface area contributed by atoms with Crippen molar-refractivity contribution in [3.05, 3.63) is 0 Å². The van der Waals surface area contributed by atoms with Crippen LogP contribution in [-0.2, 0) is 14.3 Å². The van der Waals surface area contributed by atoms with Gasteiger partial charge in [0.15, 0.2) is 0 Å². The molecule has 1 heterocycles. The molecule has 1 atom stereocenters. The molecule has 94 valence electrons. The van der Waals surface area contributed by atoms with E-state index in [4.69, 9.17) is 14.6 Å². The molecular weight excluding hydrogens is 210 g/mol. The van der Waals surface area contributed by atoms with Crippen LogP contribution in [0.3, 0.4) is 0 Å². The maximum Gasteiger partial charge on any atom is 0.306 e. The van der Waals surface area contributed by atoms with Crippen LogP contribution in [0, 0.1) is 11.8 Å². The molecule has 0 amide bonds. The summed E-state index contributed by atoms with van der Waals surface area (Å²) in [7, 11) is 1.65. The number of likely N-dealkylation sites (tertiary alicyclic amines) is 1. The van der Waals surface area contributed by atoms with Crippen molar-refractivity contribution >= 4 is 5.97 Å². The lowest BCUT2D eigenvalue weighted by Crippen LogP contribution is -2.51. The Morgan fingerprint density at radius 3 is 2.69 bits per heavy atom. The molecule has 0 aliphatic carbocycles. The minimum atomic E-state index is -0.694. The summed E-state index contributed by atoms with van der Waals surface area (Å²) in [6.45, 7) is 6.35. The first-order valence-electron chi connectivity index (χ1n) is 5.67. The molecule has 0 saturated carbocycles. The van der Waals surface area contributed by atoms with Crippen molar-refractivity contribution < 1.29 is 19.4 Å². The van der Waals surface area contributed by atoms with E-state index >= 15 is 0 Å². The molecule has 0 spiro atoms. The first-order chi connectivity index (χ1) is 7.65. The second-order valence-corrected chi connectivity index (χ2v) is 4.25. The number of nitrogens with zero attached hydrogens (tertiary/aromatic N) is 1. The van der Waals surface area contributed by atoms with E-state index in [1.54, 1.807) is 14.0 Å². The predicted octanol–water partition coefficient (Wildman–Crippen LogP) is 0.302. The third kappa shape index (κ3) is 4.08. The quantitative estimate of drug-likeness (QED) is 0.609. The van der Waals surface area contributed by atoms with Gasteiger partial charge in [0.1, 0.15) is 0 Å². The van der Waals surface area contributed by atoms with Gasteiger partial charge in [-0.15, -0.1) is 0 Å². The summed E-state index contributed by atoms with van der Waals surface area (Å²) in [6.07, 6.45) is 0. The highest BCUT2D eigenvalue weighted by Gasteiger charge is 2.33. The van der Waals surface area contributed by atoms with Crippen molar-refractivity contribution in [3.63, 3.8) is 0 Å². The first kappa shape index (κ1) is 13.4. The minimum Gasteiger partial charge on any atom is -0.481 e. The Balaban J connectivity index is 1.97. The average molecular weight is 231 g/mol. The summed E-state index contributed by atoms with van der Waals surface area (Å²) in [5.74, 6) is -0.622. The molecule has 1 aliphatic rings. The molecule has 1 fully saturated rings. The van der Waals surface area contributed by atoms with Gasteiger partial charge in [0.05, 0.1) is 25.7 Å². The zero-order valence-corrected chi connectivity index (χ0v) is 10.0. The highest BCUT2D eigenvalue weighted by atomic mass is 16.5. The number of hydrogen-bond donors (Lipinski definition) is 1. The van der Waals surface area contributed by atoms with Gasteiger partial charge in [0, 0.05) is 26.7 Å². The second-order valence-electron chi connectivity index (χ2n) is 4.25. The number of carboxylic acids is 1. The smallest absolute Gasteiger partial charge is 0.306 e. The van der Waals surface area contributed by atoms with Crippen molar-refractivity contribution in [2.75, 3.05) is 46.6 Å². The highest BCUT2D eigenvalue weighted by Crippen LogP contribution is 2.23. The summed E-state index contributed by atoms with van der Waals surface area (Å²) in [5, 5.41) is 8.82. The van der Waals surface area contributed by atoms with Crippen LogP contribution in [-0.4, -0.2) is 62.5 Å². The lowest BCUT2D eigenvalue weighted by Gasteiger charge is -2.41. The van der Waals surface area contributed by atoms with Crippen LogP contribution >= 0.6 is 0 Å². The van der Waals surface area contributed by atoms with Gasteiger partial charge < -0.3 is 19.5 Å². The van der Waals surface area contributed by atoms with Gasteiger partial charge in [-0.3, -0.25) is 4.79 Å². The van der Waals surface area contributed by atoms with E-state index in [2.05, 4.69) is 4.90 Å². The van der Waals surface area contributed by atoms with Crippen LogP contribution in [0.15, 0.2) is 0 Å². The molecule has 1 N–H and O–H groups in total. The molecule has 0 radical (unpaired) electrons. The number of carbonyl (C=O) groups is 1. The van der Waals surface area contributed by atoms with Gasteiger partial charge in [-0.25, -0.2) is 0 Å². The summed E-state index contributed by atoms with van der Waals surface area (Å²) in [6, 6.07) is 0.